The van der Waals surface area contributed by atoms with Gasteiger partial charge in [-0.2, -0.15) is 0 Å². The van der Waals surface area contributed by atoms with Crippen molar-refractivity contribution in [3.63, 3.8) is 0 Å². The predicted octanol–water partition coefficient (Wildman–Crippen LogP) is 3.09. The van der Waals surface area contributed by atoms with E-state index in [1.807, 2.05) is 19.1 Å². The van der Waals surface area contributed by atoms with Crippen molar-refractivity contribution in [1.82, 2.24) is 10.3 Å². The maximum Gasteiger partial charge on any atom is 0.225 e. The molecule has 3 heterocycles. The van der Waals surface area contributed by atoms with Crippen LogP contribution in [0.25, 0.3) is 0 Å². The molecule has 0 aliphatic carbocycles. The predicted molar refractivity (Wildman–Crippen MR) is 89.4 cm³/mol. The molecular formula is C15H23Cl2N3O. The Kier molecular flexibility index (Phi) is 6.91. The number of carbonyl (C=O) groups is 1. The molecule has 6 heteroatoms. The van der Waals surface area contributed by atoms with E-state index in [2.05, 4.69) is 15.6 Å². The molecule has 2 bridgehead atoms. The first-order valence-electron chi connectivity index (χ1n) is 7.17. The topological polar surface area (TPSA) is 54.0 Å². The molecule has 2 saturated heterocycles. The van der Waals surface area contributed by atoms with E-state index in [0.29, 0.717) is 30.2 Å². The van der Waals surface area contributed by atoms with Crippen LogP contribution in [0.1, 0.15) is 37.7 Å². The lowest BCUT2D eigenvalue weighted by Gasteiger charge is -2.28. The van der Waals surface area contributed by atoms with Crippen LogP contribution >= 0.6 is 24.8 Å². The minimum absolute atomic E-state index is 0. The highest BCUT2D eigenvalue weighted by Crippen LogP contribution is 2.32. The molecule has 1 aromatic heterocycles. The molecule has 21 heavy (non-hydrogen) atoms. The summed E-state index contributed by atoms with van der Waals surface area (Å²) in [5.74, 6) is 1.29. The monoisotopic (exact) mass is 331 g/mol. The number of hydrogen-bond acceptors (Lipinski definition) is 3. The number of nitrogens with one attached hydrogen (secondary N) is 2. The summed E-state index contributed by atoms with van der Waals surface area (Å²) in [5, 5.41) is 6.50. The van der Waals surface area contributed by atoms with Gasteiger partial charge in [-0.3, -0.25) is 4.79 Å². The van der Waals surface area contributed by atoms with Gasteiger partial charge in [-0.25, -0.2) is 4.98 Å². The van der Waals surface area contributed by atoms with Gasteiger partial charge in [-0.15, -0.1) is 24.8 Å². The molecule has 2 aliphatic rings. The quantitative estimate of drug-likeness (QED) is 0.894. The number of anilines is 1. The second-order valence-electron chi connectivity index (χ2n) is 5.95. The number of hydrogen-bond donors (Lipinski definition) is 2. The summed E-state index contributed by atoms with van der Waals surface area (Å²) in [6.07, 6.45) is 7.26. The van der Waals surface area contributed by atoms with Crippen molar-refractivity contribution >= 4 is 36.5 Å². The Morgan fingerprint density at radius 1 is 1.29 bits per heavy atom. The summed E-state index contributed by atoms with van der Waals surface area (Å²) >= 11 is 0. The highest BCUT2D eigenvalue weighted by atomic mass is 35.5. The zero-order chi connectivity index (χ0) is 13.2. The molecule has 1 aromatic rings. The number of piperidine rings is 1. The Morgan fingerprint density at radius 3 is 2.52 bits per heavy atom. The van der Waals surface area contributed by atoms with Crippen molar-refractivity contribution in [2.24, 2.45) is 5.92 Å². The molecule has 0 spiro atoms. The van der Waals surface area contributed by atoms with E-state index in [1.54, 1.807) is 6.20 Å². The number of aryl methyl sites for hydroxylation is 1. The first-order chi connectivity index (χ1) is 9.19. The molecule has 0 saturated carbocycles. The van der Waals surface area contributed by atoms with Gasteiger partial charge in [-0.05, 0) is 50.2 Å². The van der Waals surface area contributed by atoms with Crippen LogP contribution in [0.2, 0.25) is 0 Å². The van der Waals surface area contributed by atoms with Gasteiger partial charge in [-0.1, -0.05) is 6.07 Å². The van der Waals surface area contributed by atoms with Gasteiger partial charge in [0.2, 0.25) is 5.91 Å². The minimum Gasteiger partial charge on any atom is -0.311 e. The fraction of sp³-hybridized carbons (Fsp3) is 0.600. The van der Waals surface area contributed by atoms with Gasteiger partial charge < -0.3 is 10.6 Å². The van der Waals surface area contributed by atoms with Crippen molar-refractivity contribution in [3.05, 3.63) is 23.9 Å². The Morgan fingerprint density at radius 2 is 1.95 bits per heavy atom. The number of rotatable bonds is 3. The van der Waals surface area contributed by atoms with Gasteiger partial charge in [0.1, 0.15) is 5.82 Å². The summed E-state index contributed by atoms with van der Waals surface area (Å²) in [6, 6.07) is 5.12. The summed E-state index contributed by atoms with van der Waals surface area (Å²) in [4.78, 5) is 16.2. The highest BCUT2D eigenvalue weighted by Gasteiger charge is 2.34. The average molecular weight is 332 g/mol. The Bertz CT molecular complexity index is 454. The van der Waals surface area contributed by atoms with Crippen LogP contribution in [0, 0.1) is 12.8 Å². The van der Waals surface area contributed by atoms with Crippen LogP contribution in [0.4, 0.5) is 5.82 Å². The van der Waals surface area contributed by atoms with Crippen LogP contribution in [-0.2, 0) is 4.79 Å². The Balaban J connectivity index is 0.00000110. The second kappa shape index (κ2) is 7.97. The fourth-order valence-electron chi connectivity index (χ4n) is 3.34. The van der Waals surface area contributed by atoms with Crippen LogP contribution in [0.5, 0.6) is 0 Å². The molecule has 2 fully saturated rings. The van der Waals surface area contributed by atoms with E-state index in [4.69, 9.17) is 0 Å². The van der Waals surface area contributed by atoms with E-state index in [9.17, 15) is 4.79 Å². The molecule has 1 amide bonds. The van der Waals surface area contributed by atoms with E-state index in [-0.39, 0.29) is 30.7 Å². The average Bonchev–Trinajstić information content (AvgIpc) is 2.72. The maximum absolute atomic E-state index is 12.0. The molecule has 0 radical (unpaired) electrons. The Hall–Kier alpha value is -0.840. The highest BCUT2D eigenvalue weighted by molar-refractivity contribution is 5.89. The normalized spacial score (nSPS) is 26.4. The summed E-state index contributed by atoms with van der Waals surface area (Å²) in [7, 11) is 0. The van der Waals surface area contributed by atoms with Crippen LogP contribution in [-0.4, -0.2) is 23.0 Å². The molecule has 0 aromatic carbocycles. The molecule has 2 unspecified atom stereocenters. The van der Waals surface area contributed by atoms with Gasteiger partial charge in [0.15, 0.2) is 0 Å². The second-order valence-corrected chi connectivity index (χ2v) is 5.95. The van der Waals surface area contributed by atoms with E-state index in [1.165, 1.54) is 12.8 Å². The van der Waals surface area contributed by atoms with Crippen molar-refractivity contribution in [1.29, 1.82) is 0 Å². The van der Waals surface area contributed by atoms with E-state index in [0.717, 1.165) is 18.4 Å². The van der Waals surface area contributed by atoms with Crippen molar-refractivity contribution in [3.8, 4) is 0 Å². The lowest BCUT2D eigenvalue weighted by Crippen LogP contribution is -2.39. The number of carbonyl (C=O) groups excluding carboxylic acids is 1. The first-order valence-corrected chi connectivity index (χ1v) is 7.17. The summed E-state index contributed by atoms with van der Waals surface area (Å²) in [5.41, 5.74) is 1.10. The molecule has 2 aliphatic heterocycles. The first kappa shape index (κ1) is 18.2. The fourth-order valence-corrected chi connectivity index (χ4v) is 3.34. The molecular weight excluding hydrogens is 309 g/mol. The molecule has 118 valence electrons. The molecule has 2 atom stereocenters. The van der Waals surface area contributed by atoms with Crippen molar-refractivity contribution < 1.29 is 4.79 Å². The van der Waals surface area contributed by atoms with Gasteiger partial charge in [0, 0.05) is 24.7 Å². The van der Waals surface area contributed by atoms with Crippen LogP contribution < -0.4 is 10.6 Å². The third-order valence-corrected chi connectivity index (χ3v) is 4.22. The van der Waals surface area contributed by atoms with Gasteiger partial charge in [0.25, 0.3) is 0 Å². The number of amides is 1. The number of halogens is 2. The SMILES string of the molecule is Cc1ccc(NC(=O)CC2CC3CCC(C2)N3)nc1.Cl.Cl. The summed E-state index contributed by atoms with van der Waals surface area (Å²) < 4.78 is 0. The zero-order valence-corrected chi connectivity index (χ0v) is 13.8. The van der Waals surface area contributed by atoms with Crippen molar-refractivity contribution in [2.45, 2.75) is 51.1 Å². The van der Waals surface area contributed by atoms with Gasteiger partial charge >= 0.3 is 0 Å². The third kappa shape index (κ3) is 4.83. The van der Waals surface area contributed by atoms with E-state index >= 15 is 0 Å². The lowest BCUT2D eigenvalue weighted by molar-refractivity contribution is -0.117. The molecule has 3 rings (SSSR count). The zero-order valence-electron chi connectivity index (χ0n) is 12.2. The smallest absolute Gasteiger partial charge is 0.225 e. The number of aromatic nitrogens is 1. The van der Waals surface area contributed by atoms with Crippen molar-refractivity contribution in [2.75, 3.05) is 5.32 Å². The lowest BCUT2D eigenvalue weighted by atomic mass is 9.89. The third-order valence-electron chi connectivity index (χ3n) is 4.22. The number of nitrogens with zero attached hydrogens (tertiary/aromatic N) is 1. The maximum atomic E-state index is 12.0. The van der Waals surface area contributed by atoms with Crippen LogP contribution in [0.3, 0.4) is 0 Å². The van der Waals surface area contributed by atoms with E-state index < -0.39 is 0 Å². The number of pyridine rings is 1. The largest absolute Gasteiger partial charge is 0.311 e. The minimum atomic E-state index is 0. The van der Waals surface area contributed by atoms with Gasteiger partial charge in [0.05, 0.1) is 0 Å². The standard InChI is InChI=1S/C15H21N3O.2ClH/c1-10-2-5-14(16-9-10)18-15(19)8-11-6-12-3-4-13(7-11)17-12;;/h2,5,9,11-13,17H,3-4,6-8H2,1H3,(H,16,18,19);2*1H. The van der Waals surface area contributed by atoms with Crippen LogP contribution in [0.15, 0.2) is 18.3 Å². The summed E-state index contributed by atoms with van der Waals surface area (Å²) in [6.45, 7) is 1.99. The Labute approximate surface area is 138 Å². The molecule has 2 N–H and O–H groups in total. The molecule has 4 nitrogen and oxygen atoms in total. The number of fused-ring (bicyclic) bond motifs is 2.